The predicted octanol–water partition coefficient (Wildman–Crippen LogP) is -1.93. The van der Waals surface area contributed by atoms with Crippen LogP contribution in [0.5, 0.6) is 0 Å². The molecule has 6 heavy (non-hydrogen) atoms. The molecule has 0 aromatic rings. The van der Waals surface area contributed by atoms with Crippen LogP contribution in [0.1, 0.15) is 0 Å². The van der Waals surface area contributed by atoms with E-state index in [1.165, 1.54) is 0 Å². The normalized spacial score (nSPS) is 5.33. The van der Waals surface area contributed by atoms with Crippen LogP contribution in [0.15, 0.2) is 0 Å². The van der Waals surface area contributed by atoms with Crippen molar-refractivity contribution >= 4 is 13.8 Å². The Bertz CT molecular complexity index is 110. The number of amides is 1. The van der Waals surface area contributed by atoms with Gasteiger partial charge in [0.15, 0.2) is 7.85 Å². The fourth-order valence-electron chi connectivity index (χ4n) is 0.123. The summed E-state index contributed by atoms with van der Waals surface area (Å²) < 4.78 is 0. The van der Waals surface area contributed by atoms with E-state index in [1.807, 2.05) is 0 Å². The molecule has 0 heterocycles. The zero-order chi connectivity index (χ0) is 4.99. The van der Waals surface area contributed by atoms with E-state index in [-0.39, 0.29) is 0 Å². The summed E-state index contributed by atoms with van der Waals surface area (Å²) in [5.74, 6) is 3.87. The van der Waals surface area contributed by atoms with Crippen LogP contribution in [-0.4, -0.2) is 13.8 Å². The lowest BCUT2D eigenvalue weighted by molar-refractivity contribution is -0.112. The highest BCUT2D eigenvalue weighted by Crippen LogP contribution is 1.42. The van der Waals surface area contributed by atoms with Gasteiger partial charge in [0.2, 0.25) is 0 Å². The molecule has 0 radical (unpaired) electrons. The van der Waals surface area contributed by atoms with Gasteiger partial charge in [-0.2, -0.15) is 5.82 Å². The van der Waals surface area contributed by atoms with Gasteiger partial charge in [-0.1, -0.05) is 0 Å². The van der Waals surface area contributed by atoms with Crippen molar-refractivity contribution in [1.82, 2.24) is 0 Å². The van der Waals surface area contributed by atoms with Gasteiger partial charge >= 0.3 is 0 Å². The second-order valence-corrected chi connectivity index (χ2v) is 0.739. The zero-order valence-corrected chi connectivity index (χ0v) is 3.49. The fourth-order valence-corrected chi connectivity index (χ4v) is 0.123. The summed E-state index contributed by atoms with van der Waals surface area (Å²) in [6.07, 6.45) is 0. The van der Waals surface area contributed by atoms with Crippen LogP contribution in [0.3, 0.4) is 0 Å². The van der Waals surface area contributed by atoms with Crippen LogP contribution < -0.4 is 5.73 Å². The molecule has 2 nitrogen and oxygen atoms in total. The van der Waals surface area contributed by atoms with Gasteiger partial charge in [0.25, 0.3) is 5.91 Å². The Morgan fingerprint density at radius 2 is 2.33 bits per heavy atom. The monoisotopic (exact) mass is 81.0 g/mol. The lowest BCUT2D eigenvalue weighted by Gasteiger charge is -1.64. The highest BCUT2D eigenvalue weighted by Gasteiger charge is 1.72. The summed E-state index contributed by atoms with van der Waals surface area (Å²) in [4.78, 5) is 9.65. The number of primary amides is 1. The Labute approximate surface area is 37.1 Å². The molecule has 0 aromatic heterocycles. The van der Waals surface area contributed by atoms with Crippen molar-refractivity contribution in [3.8, 4) is 11.7 Å². The molecule has 0 atom stereocenters. The summed E-state index contributed by atoms with van der Waals surface area (Å²) in [5.41, 5.74) is 4.59. The maximum atomic E-state index is 9.65. The van der Waals surface area contributed by atoms with Crippen LogP contribution >= 0.6 is 0 Å². The van der Waals surface area contributed by atoms with Gasteiger partial charge in [0, 0.05) is 0 Å². The standard InChI is InChI=1S/C3H4BNO/c4-2-1-3(5)6/h4H2,(H2,5,6). The Morgan fingerprint density at radius 1 is 1.83 bits per heavy atom. The van der Waals surface area contributed by atoms with Crippen molar-refractivity contribution in [2.45, 2.75) is 0 Å². The van der Waals surface area contributed by atoms with Gasteiger partial charge in [-0.25, -0.2) is 0 Å². The van der Waals surface area contributed by atoms with Crippen molar-refractivity contribution < 1.29 is 4.79 Å². The molecular weight excluding hydrogens is 76.9 g/mol. The molecule has 3 heteroatoms. The summed E-state index contributed by atoms with van der Waals surface area (Å²) in [5, 5.41) is 0. The largest absolute Gasteiger partial charge is 0.359 e. The second-order valence-electron chi connectivity index (χ2n) is 0.739. The molecule has 0 aliphatic heterocycles. The average Bonchev–Trinajstić information content (AvgIpc) is 1.35. The van der Waals surface area contributed by atoms with Crippen molar-refractivity contribution in [2.24, 2.45) is 5.73 Å². The van der Waals surface area contributed by atoms with Crippen LogP contribution in [-0.2, 0) is 4.79 Å². The van der Waals surface area contributed by atoms with E-state index in [1.54, 1.807) is 7.85 Å². The van der Waals surface area contributed by atoms with Gasteiger partial charge in [-0.3, -0.25) is 4.79 Å². The number of carbonyl (C=O) groups is 1. The van der Waals surface area contributed by atoms with E-state index in [9.17, 15) is 4.79 Å². The first-order valence-corrected chi connectivity index (χ1v) is 1.49. The molecule has 1 amide bonds. The SMILES string of the molecule is BC#CC(N)=O. The van der Waals surface area contributed by atoms with Gasteiger partial charge in [0.05, 0.1) is 0 Å². The minimum absolute atomic E-state index is 0.572. The molecule has 0 fully saturated rings. The van der Waals surface area contributed by atoms with E-state index in [0.717, 1.165) is 0 Å². The third-order valence-electron chi connectivity index (χ3n) is 0.248. The van der Waals surface area contributed by atoms with Crippen molar-refractivity contribution in [1.29, 1.82) is 0 Å². The Morgan fingerprint density at radius 3 is 2.33 bits per heavy atom. The molecule has 0 unspecified atom stereocenters. The third-order valence-corrected chi connectivity index (χ3v) is 0.248. The van der Waals surface area contributed by atoms with E-state index in [0.29, 0.717) is 0 Å². The number of hydrogen-bond acceptors (Lipinski definition) is 1. The summed E-state index contributed by atoms with van der Waals surface area (Å²) >= 11 is 0. The molecule has 2 N–H and O–H groups in total. The molecule has 0 saturated carbocycles. The van der Waals surface area contributed by atoms with Gasteiger partial charge in [0.1, 0.15) is 0 Å². The molecule has 0 aliphatic carbocycles. The lowest BCUT2D eigenvalue weighted by atomic mass is 10.2. The van der Waals surface area contributed by atoms with E-state index < -0.39 is 5.91 Å². The quantitative estimate of drug-likeness (QED) is 0.267. The van der Waals surface area contributed by atoms with Crippen LogP contribution in [0, 0.1) is 11.7 Å². The highest BCUT2D eigenvalue weighted by atomic mass is 16.1. The number of carbonyl (C=O) groups excluding carboxylic acids is 1. The zero-order valence-electron chi connectivity index (χ0n) is 3.49. The smallest absolute Gasteiger partial charge is 0.292 e. The number of hydrogen-bond donors (Lipinski definition) is 1. The topological polar surface area (TPSA) is 43.1 Å². The van der Waals surface area contributed by atoms with Gasteiger partial charge in [-0.05, 0) is 5.92 Å². The second kappa shape index (κ2) is 2.34. The molecule has 0 aliphatic rings. The minimum Gasteiger partial charge on any atom is -0.359 e. The fraction of sp³-hybridized carbons (Fsp3) is 0. The van der Waals surface area contributed by atoms with Crippen molar-refractivity contribution in [3.05, 3.63) is 0 Å². The van der Waals surface area contributed by atoms with Crippen molar-refractivity contribution in [3.63, 3.8) is 0 Å². The van der Waals surface area contributed by atoms with Gasteiger partial charge < -0.3 is 5.73 Å². The molecule has 0 saturated heterocycles. The first-order chi connectivity index (χ1) is 2.77. The first-order valence-electron chi connectivity index (χ1n) is 1.49. The Hall–Kier alpha value is -0.905. The van der Waals surface area contributed by atoms with E-state index >= 15 is 0 Å². The maximum Gasteiger partial charge on any atom is 0.292 e. The lowest BCUT2D eigenvalue weighted by Crippen LogP contribution is -2.05. The van der Waals surface area contributed by atoms with E-state index in [2.05, 4.69) is 17.5 Å². The summed E-state index contributed by atoms with van der Waals surface area (Å²) in [7, 11) is 1.56. The summed E-state index contributed by atoms with van der Waals surface area (Å²) in [6.45, 7) is 0. The molecule has 0 aromatic carbocycles. The van der Waals surface area contributed by atoms with Gasteiger partial charge in [-0.15, -0.1) is 0 Å². The first kappa shape index (κ1) is 5.09. The van der Waals surface area contributed by atoms with E-state index in [4.69, 9.17) is 0 Å². The van der Waals surface area contributed by atoms with Crippen LogP contribution in [0.2, 0.25) is 0 Å². The predicted molar refractivity (Wildman–Crippen MR) is 25.5 cm³/mol. The maximum absolute atomic E-state index is 9.65. The highest BCUT2D eigenvalue weighted by molar-refractivity contribution is 6.24. The third kappa shape index (κ3) is 3.09. The molecule has 0 bridgehead atoms. The van der Waals surface area contributed by atoms with Crippen LogP contribution in [0.25, 0.3) is 0 Å². The molecule has 0 rings (SSSR count). The average molecular weight is 80.9 g/mol. The number of nitrogens with two attached hydrogens (primary N) is 1. The Balaban J connectivity index is 3.50. The Kier molecular flexibility index (Phi) is 1.99. The summed E-state index contributed by atoms with van der Waals surface area (Å²) in [6, 6.07) is 0. The minimum atomic E-state index is -0.572. The molecule has 30 valence electrons. The number of rotatable bonds is 0. The van der Waals surface area contributed by atoms with Crippen molar-refractivity contribution in [2.75, 3.05) is 0 Å². The van der Waals surface area contributed by atoms with Crippen LogP contribution in [0.4, 0.5) is 0 Å². The molecular formula is C3H4BNO. The molecule has 0 spiro atoms.